The van der Waals surface area contributed by atoms with E-state index in [0.29, 0.717) is 26.3 Å². The second kappa shape index (κ2) is 8.26. The van der Waals surface area contributed by atoms with Crippen LogP contribution in [0.5, 0.6) is 0 Å². The average molecular weight is 376 g/mol. The van der Waals surface area contributed by atoms with Gasteiger partial charge in [0.25, 0.3) is 5.91 Å². The standard InChI is InChI=1S/C15H15F3N2O4S/c16-15(17,18)9-24-13(22)11-4-2-1-3-10(11)12(21)19-14(25)20-5-7-23-8-6-20/h1-4H,5-9H2,(H,19,21,25). The van der Waals surface area contributed by atoms with Gasteiger partial charge in [-0.05, 0) is 24.4 Å². The largest absolute Gasteiger partial charge is 0.452 e. The molecule has 0 saturated carbocycles. The summed E-state index contributed by atoms with van der Waals surface area (Å²) in [6.45, 7) is 0.226. The van der Waals surface area contributed by atoms with Crippen LogP contribution in [0.3, 0.4) is 0 Å². The average Bonchev–Trinajstić information content (AvgIpc) is 2.59. The van der Waals surface area contributed by atoms with Crippen LogP contribution in [0.1, 0.15) is 20.7 Å². The third kappa shape index (κ3) is 5.68. The van der Waals surface area contributed by atoms with Gasteiger partial charge in [0.2, 0.25) is 0 Å². The maximum absolute atomic E-state index is 12.3. The molecule has 0 radical (unpaired) electrons. The number of esters is 1. The molecule has 0 aliphatic carbocycles. The third-order valence-corrected chi connectivity index (χ3v) is 3.64. The fourth-order valence-corrected chi connectivity index (χ4v) is 2.37. The van der Waals surface area contributed by atoms with Gasteiger partial charge >= 0.3 is 12.1 Å². The number of carbonyl (C=O) groups excluding carboxylic acids is 2. The number of alkyl halides is 3. The van der Waals surface area contributed by atoms with Crippen molar-refractivity contribution < 1.29 is 32.2 Å². The minimum Gasteiger partial charge on any atom is -0.452 e. The molecule has 1 N–H and O–H groups in total. The lowest BCUT2D eigenvalue weighted by molar-refractivity contribution is -0.161. The predicted molar refractivity (Wildman–Crippen MR) is 85.2 cm³/mol. The van der Waals surface area contributed by atoms with Crippen LogP contribution in [-0.2, 0) is 9.47 Å². The number of nitrogens with one attached hydrogen (secondary N) is 1. The van der Waals surface area contributed by atoms with Gasteiger partial charge in [-0.1, -0.05) is 12.1 Å². The van der Waals surface area contributed by atoms with Crippen LogP contribution in [0.25, 0.3) is 0 Å². The summed E-state index contributed by atoms with van der Waals surface area (Å²) in [6, 6.07) is 5.42. The predicted octanol–water partition coefficient (Wildman–Crippen LogP) is 1.75. The van der Waals surface area contributed by atoms with Gasteiger partial charge in [-0.3, -0.25) is 10.1 Å². The van der Waals surface area contributed by atoms with Crippen molar-refractivity contribution >= 4 is 29.2 Å². The molecule has 25 heavy (non-hydrogen) atoms. The Morgan fingerprint density at radius 3 is 2.40 bits per heavy atom. The second-order valence-electron chi connectivity index (χ2n) is 5.10. The van der Waals surface area contributed by atoms with Gasteiger partial charge in [0.15, 0.2) is 11.7 Å². The van der Waals surface area contributed by atoms with E-state index in [9.17, 15) is 22.8 Å². The van der Waals surface area contributed by atoms with E-state index in [4.69, 9.17) is 17.0 Å². The number of benzene rings is 1. The number of thiocarbonyl (C=S) groups is 1. The summed E-state index contributed by atoms with van der Waals surface area (Å²) in [4.78, 5) is 25.9. The SMILES string of the molecule is O=C(NC(=S)N1CCOCC1)c1ccccc1C(=O)OCC(F)(F)F. The van der Waals surface area contributed by atoms with Crippen molar-refractivity contribution in [2.75, 3.05) is 32.9 Å². The normalized spacial score (nSPS) is 14.8. The Balaban J connectivity index is 2.06. The van der Waals surface area contributed by atoms with Gasteiger partial charge < -0.3 is 14.4 Å². The van der Waals surface area contributed by atoms with E-state index in [1.807, 2.05) is 0 Å². The zero-order valence-electron chi connectivity index (χ0n) is 13.0. The van der Waals surface area contributed by atoms with Gasteiger partial charge in [-0.15, -0.1) is 0 Å². The summed E-state index contributed by atoms with van der Waals surface area (Å²) in [7, 11) is 0. The van der Waals surface area contributed by atoms with Gasteiger partial charge in [-0.25, -0.2) is 4.79 Å². The Bertz CT molecular complexity index is 660. The number of morpholine rings is 1. The molecule has 1 amide bonds. The molecule has 1 heterocycles. The van der Waals surface area contributed by atoms with Crippen LogP contribution < -0.4 is 5.32 Å². The van der Waals surface area contributed by atoms with E-state index < -0.39 is 24.7 Å². The molecular formula is C15H15F3N2O4S. The molecule has 6 nitrogen and oxygen atoms in total. The third-order valence-electron chi connectivity index (χ3n) is 3.28. The topological polar surface area (TPSA) is 67.9 Å². The molecule has 1 saturated heterocycles. The molecular weight excluding hydrogens is 361 g/mol. The summed E-state index contributed by atoms with van der Waals surface area (Å²) in [5.41, 5.74) is -0.390. The molecule has 1 aliphatic rings. The number of nitrogens with zero attached hydrogens (tertiary/aromatic N) is 1. The van der Waals surface area contributed by atoms with Crippen molar-refractivity contribution in [2.24, 2.45) is 0 Å². The molecule has 1 aromatic carbocycles. The van der Waals surface area contributed by atoms with Gasteiger partial charge in [0, 0.05) is 13.1 Å². The van der Waals surface area contributed by atoms with Crippen molar-refractivity contribution in [3.05, 3.63) is 35.4 Å². The first kappa shape index (κ1) is 19.1. The van der Waals surface area contributed by atoms with Crippen LogP contribution in [0.4, 0.5) is 13.2 Å². The van der Waals surface area contributed by atoms with Gasteiger partial charge in [-0.2, -0.15) is 13.2 Å². The summed E-state index contributed by atoms with van der Waals surface area (Å²) in [5, 5.41) is 2.63. The van der Waals surface area contributed by atoms with Crippen molar-refractivity contribution in [2.45, 2.75) is 6.18 Å². The molecule has 10 heteroatoms. The lowest BCUT2D eigenvalue weighted by Gasteiger charge is -2.29. The fourth-order valence-electron chi connectivity index (χ4n) is 2.09. The highest BCUT2D eigenvalue weighted by molar-refractivity contribution is 7.80. The van der Waals surface area contributed by atoms with Crippen LogP contribution in [0, 0.1) is 0 Å². The first-order chi connectivity index (χ1) is 11.8. The van der Waals surface area contributed by atoms with Crippen molar-refractivity contribution in [3.8, 4) is 0 Å². The molecule has 1 aliphatic heterocycles. The molecule has 136 valence electrons. The zero-order chi connectivity index (χ0) is 18.4. The van der Waals surface area contributed by atoms with E-state index in [0.717, 1.165) is 0 Å². The molecule has 1 fully saturated rings. The summed E-state index contributed by atoms with van der Waals surface area (Å²) < 4.78 is 45.9. The first-order valence-corrected chi connectivity index (χ1v) is 7.69. The maximum Gasteiger partial charge on any atom is 0.422 e. The Kier molecular flexibility index (Phi) is 6.32. The number of hydrogen-bond acceptors (Lipinski definition) is 5. The van der Waals surface area contributed by atoms with E-state index >= 15 is 0 Å². The molecule has 0 bridgehead atoms. The van der Waals surface area contributed by atoms with Crippen LogP contribution >= 0.6 is 12.2 Å². The van der Waals surface area contributed by atoms with Crippen molar-refractivity contribution in [1.82, 2.24) is 10.2 Å². The quantitative estimate of drug-likeness (QED) is 0.641. The second-order valence-corrected chi connectivity index (χ2v) is 5.48. The number of halogens is 3. The molecule has 0 atom stereocenters. The number of hydrogen-bond donors (Lipinski definition) is 1. The highest BCUT2D eigenvalue weighted by Crippen LogP contribution is 2.17. The Morgan fingerprint density at radius 1 is 1.20 bits per heavy atom. The minimum atomic E-state index is -4.65. The van der Waals surface area contributed by atoms with Crippen molar-refractivity contribution in [1.29, 1.82) is 0 Å². The van der Waals surface area contributed by atoms with Gasteiger partial charge in [0.1, 0.15) is 0 Å². The Hall–Kier alpha value is -2.20. The summed E-state index contributed by atoms with van der Waals surface area (Å²) >= 11 is 5.13. The van der Waals surface area contributed by atoms with Crippen molar-refractivity contribution in [3.63, 3.8) is 0 Å². The highest BCUT2D eigenvalue weighted by Gasteiger charge is 2.30. The molecule has 1 aromatic rings. The Morgan fingerprint density at radius 2 is 1.80 bits per heavy atom. The highest BCUT2D eigenvalue weighted by atomic mass is 32.1. The number of rotatable bonds is 3. The first-order valence-electron chi connectivity index (χ1n) is 7.29. The Labute approximate surface area is 146 Å². The number of amides is 1. The smallest absolute Gasteiger partial charge is 0.422 e. The van der Waals surface area contributed by atoms with Crippen LogP contribution in [0.2, 0.25) is 0 Å². The lowest BCUT2D eigenvalue weighted by atomic mass is 10.1. The van der Waals surface area contributed by atoms with Crippen LogP contribution in [0.15, 0.2) is 24.3 Å². The minimum absolute atomic E-state index is 0.120. The lowest BCUT2D eigenvalue weighted by Crippen LogP contribution is -2.48. The number of carbonyl (C=O) groups is 2. The number of ether oxygens (including phenoxy) is 2. The molecule has 0 unspecified atom stereocenters. The van der Waals surface area contributed by atoms with E-state index in [1.165, 1.54) is 24.3 Å². The van der Waals surface area contributed by atoms with E-state index in [2.05, 4.69) is 10.1 Å². The molecule has 0 spiro atoms. The summed E-state index contributed by atoms with van der Waals surface area (Å²) in [6.07, 6.45) is -4.65. The summed E-state index contributed by atoms with van der Waals surface area (Å²) in [5.74, 6) is -1.93. The van der Waals surface area contributed by atoms with E-state index in [1.54, 1.807) is 4.90 Å². The molecule has 0 aromatic heterocycles. The van der Waals surface area contributed by atoms with E-state index in [-0.39, 0.29) is 16.2 Å². The molecule has 2 rings (SSSR count). The zero-order valence-corrected chi connectivity index (χ0v) is 13.8. The van der Waals surface area contributed by atoms with Gasteiger partial charge in [0.05, 0.1) is 24.3 Å². The fraction of sp³-hybridized carbons (Fsp3) is 0.400. The van der Waals surface area contributed by atoms with Crippen LogP contribution in [-0.4, -0.2) is 61.0 Å². The maximum atomic E-state index is 12.3. The monoisotopic (exact) mass is 376 g/mol.